The minimum Gasteiger partial charge on any atom is -0.392 e. The summed E-state index contributed by atoms with van der Waals surface area (Å²) in [6.07, 6.45) is 19.5. The summed E-state index contributed by atoms with van der Waals surface area (Å²) in [4.78, 5) is 14.4. The number of fused-ring (bicyclic) bond motifs is 1. The molecule has 1 amide bonds. The van der Waals surface area contributed by atoms with Crippen molar-refractivity contribution in [3.8, 4) is 0 Å². The molecule has 1 saturated carbocycles. The maximum absolute atomic E-state index is 12.3. The summed E-state index contributed by atoms with van der Waals surface area (Å²) >= 11 is 0. The third-order valence-electron chi connectivity index (χ3n) is 7.78. The van der Waals surface area contributed by atoms with E-state index in [9.17, 15) is 15.0 Å². The molecule has 0 aromatic carbocycles. The Morgan fingerprint density at radius 3 is 2.74 bits per heavy atom. The first-order valence-electron chi connectivity index (χ1n) is 12.9. The molecule has 0 aromatic rings. The summed E-state index contributed by atoms with van der Waals surface area (Å²) in [5, 5.41) is 21.1. The second-order valence-corrected chi connectivity index (χ2v) is 10.6. The Morgan fingerprint density at radius 2 is 2.00 bits per heavy atom. The molecule has 2 aliphatic carbocycles. The molecule has 3 rings (SSSR count). The Balaban J connectivity index is 1.39. The highest BCUT2D eigenvalue weighted by Gasteiger charge is 2.43. The third-order valence-corrected chi connectivity index (χ3v) is 7.78. The van der Waals surface area contributed by atoms with Gasteiger partial charge in [0.2, 0.25) is 5.91 Å². The van der Waals surface area contributed by atoms with Gasteiger partial charge in [0.25, 0.3) is 0 Å². The zero-order valence-electron chi connectivity index (χ0n) is 19.9. The van der Waals surface area contributed by atoms with E-state index in [1.54, 1.807) is 0 Å². The molecule has 0 radical (unpaired) electrons. The summed E-state index contributed by atoms with van der Waals surface area (Å²) in [6, 6.07) is 0. The number of rotatable bonds is 11. The van der Waals surface area contributed by atoms with Crippen LogP contribution in [-0.2, 0) is 4.79 Å². The predicted octanol–water partition coefficient (Wildman–Crippen LogP) is 5.39. The van der Waals surface area contributed by atoms with Crippen molar-refractivity contribution in [2.24, 2.45) is 17.8 Å². The second-order valence-electron chi connectivity index (χ2n) is 10.6. The smallest absolute Gasteiger partial charge is 0.222 e. The molecule has 4 nitrogen and oxygen atoms in total. The molecule has 0 unspecified atom stereocenters. The molecule has 5 atom stereocenters. The van der Waals surface area contributed by atoms with Gasteiger partial charge in [-0.1, -0.05) is 43.6 Å². The molecular formula is C27H45NO3. The van der Waals surface area contributed by atoms with E-state index in [1.807, 2.05) is 6.92 Å². The van der Waals surface area contributed by atoms with Gasteiger partial charge in [-0.25, -0.2) is 0 Å². The fourth-order valence-electron chi connectivity index (χ4n) is 5.86. The Kier molecular flexibility index (Phi) is 9.21. The normalized spacial score (nSPS) is 30.5. The average molecular weight is 432 g/mol. The van der Waals surface area contributed by atoms with E-state index in [-0.39, 0.29) is 12.0 Å². The first-order chi connectivity index (χ1) is 14.9. The molecule has 2 fully saturated rings. The lowest BCUT2D eigenvalue weighted by molar-refractivity contribution is -0.132. The van der Waals surface area contributed by atoms with Crippen LogP contribution >= 0.6 is 0 Å². The fourth-order valence-corrected chi connectivity index (χ4v) is 5.86. The largest absolute Gasteiger partial charge is 0.392 e. The highest BCUT2D eigenvalue weighted by Crippen LogP contribution is 2.48. The van der Waals surface area contributed by atoms with Crippen LogP contribution in [0.5, 0.6) is 0 Å². The first-order valence-corrected chi connectivity index (χ1v) is 12.9. The standard InChI is InChI=1S/C27H45NO3/c1-3-4-14-27(2,31)15-10-12-23-24-19-21(18-22(24)20-25(23)29)11-6-7-13-26(30)28-16-8-5-9-17-28/h10,12,18,22-25,29,31H,3-9,11,13-17,19-20H2,1-2H3/t22-,23+,24-,25+,27-/m0/s1. The van der Waals surface area contributed by atoms with E-state index in [0.717, 1.165) is 64.5 Å². The van der Waals surface area contributed by atoms with Crippen molar-refractivity contribution in [1.82, 2.24) is 4.90 Å². The quantitative estimate of drug-likeness (QED) is 0.341. The second kappa shape index (κ2) is 11.7. The van der Waals surface area contributed by atoms with Gasteiger partial charge < -0.3 is 15.1 Å². The van der Waals surface area contributed by atoms with E-state index in [0.29, 0.717) is 30.6 Å². The van der Waals surface area contributed by atoms with Crippen LogP contribution in [0.1, 0.15) is 97.3 Å². The number of aliphatic hydroxyl groups is 2. The topological polar surface area (TPSA) is 60.8 Å². The molecule has 0 bridgehead atoms. The van der Waals surface area contributed by atoms with Crippen molar-refractivity contribution >= 4 is 5.91 Å². The monoisotopic (exact) mass is 431 g/mol. The van der Waals surface area contributed by atoms with Gasteiger partial charge >= 0.3 is 0 Å². The van der Waals surface area contributed by atoms with Gasteiger partial charge in [-0.05, 0) is 83.0 Å². The van der Waals surface area contributed by atoms with Crippen LogP contribution in [0.15, 0.2) is 23.8 Å². The van der Waals surface area contributed by atoms with Gasteiger partial charge in [-0.15, -0.1) is 0 Å². The lowest BCUT2D eigenvalue weighted by Crippen LogP contribution is -2.35. The number of carbonyl (C=O) groups is 1. The van der Waals surface area contributed by atoms with Crippen LogP contribution in [0.2, 0.25) is 0 Å². The molecule has 0 spiro atoms. The molecule has 176 valence electrons. The zero-order valence-corrected chi connectivity index (χ0v) is 19.9. The molecule has 1 aliphatic heterocycles. The van der Waals surface area contributed by atoms with Crippen molar-refractivity contribution in [3.63, 3.8) is 0 Å². The van der Waals surface area contributed by atoms with Gasteiger partial charge in [0.1, 0.15) is 0 Å². The number of amides is 1. The van der Waals surface area contributed by atoms with Crippen LogP contribution in [-0.4, -0.2) is 45.8 Å². The average Bonchev–Trinajstić information content (AvgIpc) is 3.27. The van der Waals surface area contributed by atoms with Crippen LogP contribution in [0, 0.1) is 17.8 Å². The minimum atomic E-state index is -0.639. The van der Waals surface area contributed by atoms with Crippen molar-refractivity contribution in [1.29, 1.82) is 0 Å². The summed E-state index contributed by atoms with van der Waals surface area (Å²) < 4.78 is 0. The number of unbranched alkanes of at least 4 members (excludes halogenated alkanes) is 2. The zero-order chi connectivity index (χ0) is 22.3. The van der Waals surface area contributed by atoms with Crippen LogP contribution < -0.4 is 0 Å². The predicted molar refractivity (Wildman–Crippen MR) is 127 cm³/mol. The van der Waals surface area contributed by atoms with Gasteiger partial charge in [0, 0.05) is 25.4 Å². The lowest BCUT2D eigenvalue weighted by Gasteiger charge is -2.26. The third kappa shape index (κ3) is 7.18. The van der Waals surface area contributed by atoms with Crippen molar-refractivity contribution in [2.45, 2.75) is 109 Å². The Labute approximate surface area is 189 Å². The van der Waals surface area contributed by atoms with E-state index in [2.05, 4.69) is 30.1 Å². The maximum Gasteiger partial charge on any atom is 0.222 e. The van der Waals surface area contributed by atoms with E-state index >= 15 is 0 Å². The van der Waals surface area contributed by atoms with E-state index in [4.69, 9.17) is 0 Å². The Hall–Kier alpha value is -1.13. The molecule has 1 heterocycles. The number of allylic oxidation sites excluding steroid dienone is 2. The molecular weight excluding hydrogens is 386 g/mol. The lowest BCUT2D eigenvalue weighted by atomic mass is 9.87. The summed E-state index contributed by atoms with van der Waals surface area (Å²) in [7, 11) is 0. The van der Waals surface area contributed by atoms with Crippen molar-refractivity contribution in [2.75, 3.05) is 13.1 Å². The highest BCUT2D eigenvalue weighted by atomic mass is 16.3. The van der Waals surface area contributed by atoms with Crippen molar-refractivity contribution in [3.05, 3.63) is 23.8 Å². The summed E-state index contributed by atoms with van der Waals surface area (Å²) in [5.74, 6) is 1.56. The maximum atomic E-state index is 12.3. The first kappa shape index (κ1) is 24.5. The number of piperidine rings is 1. The number of nitrogens with zero attached hydrogens (tertiary/aromatic N) is 1. The molecule has 3 aliphatic rings. The number of hydrogen-bond donors (Lipinski definition) is 2. The van der Waals surface area contributed by atoms with Gasteiger partial charge in [0.15, 0.2) is 0 Å². The molecule has 31 heavy (non-hydrogen) atoms. The van der Waals surface area contributed by atoms with Crippen molar-refractivity contribution < 1.29 is 15.0 Å². The van der Waals surface area contributed by atoms with Crippen LogP contribution in [0.3, 0.4) is 0 Å². The van der Waals surface area contributed by atoms with Gasteiger partial charge in [-0.2, -0.15) is 0 Å². The molecule has 4 heteroatoms. The van der Waals surface area contributed by atoms with Crippen LogP contribution in [0.25, 0.3) is 0 Å². The number of aliphatic hydroxyl groups excluding tert-OH is 1. The summed E-state index contributed by atoms with van der Waals surface area (Å²) in [6.45, 7) is 5.99. The highest BCUT2D eigenvalue weighted by molar-refractivity contribution is 5.76. The molecule has 2 N–H and O–H groups in total. The number of carbonyl (C=O) groups excluding carboxylic acids is 1. The SMILES string of the molecule is CCCC[C@](C)(O)CC=C[C@@H]1[C@H]2CC(CCCCC(=O)N3CCCCC3)=C[C@H]2C[C@H]1O. The Bertz CT molecular complexity index is 632. The van der Waals surface area contributed by atoms with Gasteiger partial charge in [0.05, 0.1) is 11.7 Å². The number of hydrogen-bond acceptors (Lipinski definition) is 3. The Morgan fingerprint density at radius 1 is 1.23 bits per heavy atom. The minimum absolute atomic E-state index is 0.210. The molecule has 0 aromatic heterocycles. The van der Waals surface area contributed by atoms with E-state index < -0.39 is 5.60 Å². The molecule has 1 saturated heterocycles. The fraction of sp³-hybridized carbons (Fsp3) is 0.815. The van der Waals surface area contributed by atoms with Gasteiger partial charge in [-0.3, -0.25) is 4.79 Å². The summed E-state index contributed by atoms with van der Waals surface area (Å²) in [5.41, 5.74) is 0.890. The number of likely N-dealkylation sites (tertiary alicyclic amines) is 1. The van der Waals surface area contributed by atoms with E-state index in [1.165, 1.54) is 24.8 Å². The van der Waals surface area contributed by atoms with Crippen LogP contribution in [0.4, 0.5) is 0 Å².